The van der Waals surface area contributed by atoms with Crippen LogP contribution in [0.4, 0.5) is 13.2 Å². The number of carbonyl (C=O) groups excluding carboxylic acids is 1. The molecule has 1 N–H and O–H groups in total. The Hall–Kier alpha value is -2.26. The van der Waals surface area contributed by atoms with Crippen LogP contribution in [0.3, 0.4) is 0 Å². The Balaban J connectivity index is 2.04. The second-order valence-corrected chi connectivity index (χ2v) is 5.80. The molecule has 2 rings (SSSR count). The van der Waals surface area contributed by atoms with Crippen LogP contribution in [-0.2, 0) is 16.6 Å². The molecule has 1 amide bonds. The number of nitrogens with zero attached hydrogens (tertiary/aromatic N) is 3. The molecule has 0 saturated carbocycles. The van der Waals surface area contributed by atoms with Gasteiger partial charge in [-0.2, -0.15) is 18.3 Å². The van der Waals surface area contributed by atoms with Crippen molar-refractivity contribution in [3.05, 3.63) is 11.4 Å². The van der Waals surface area contributed by atoms with Crippen LogP contribution in [0.5, 0.6) is 5.75 Å². The number of halogens is 3. The van der Waals surface area contributed by atoms with Gasteiger partial charge in [-0.25, -0.2) is 0 Å². The summed E-state index contributed by atoms with van der Waals surface area (Å²) in [6.45, 7) is 1.79. The summed E-state index contributed by atoms with van der Waals surface area (Å²) in [6.07, 6.45) is -4.67. The number of alkyl halides is 3. The fraction of sp³-hybridized carbons (Fsp3) is 0.643. The third-order valence-electron chi connectivity index (χ3n) is 4.19. The van der Waals surface area contributed by atoms with Gasteiger partial charge in [0.05, 0.1) is 17.5 Å². The van der Waals surface area contributed by atoms with Crippen molar-refractivity contribution in [2.45, 2.75) is 20.0 Å². The molecule has 0 unspecified atom stereocenters. The fourth-order valence-corrected chi connectivity index (χ4v) is 2.78. The molecule has 134 valence electrons. The zero-order valence-electron chi connectivity index (χ0n) is 13.4. The van der Waals surface area contributed by atoms with E-state index in [4.69, 9.17) is 9.84 Å². The number of rotatable bonds is 4. The van der Waals surface area contributed by atoms with Crippen molar-refractivity contribution in [1.29, 1.82) is 0 Å². The first-order valence-corrected chi connectivity index (χ1v) is 7.22. The molecule has 1 aromatic rings. The van der Waals surface area contributed by atoms with Crippen molar-refractivity contribution in [2.75, 3.05) is 19.7 Å². The molecule has 1 aromatic heterocycles. The minimum atomic E-state index is -4.67. The maximum atomic E-state index is 12.9. The molecular weight excluding hydrogens is 331 g/mol. The Morgan fingerprint density at radius 3 is 2.38 bits per heavy atom. The highest BCUT2D eigenvalue weighted by molar-refractivity contribution is 5.80. The monoisotopic (exact) mass is 349 g/mol. The summed E-state index contributed by atoms with van der Waals surface area (Å²) in [5, 5.41) is 13.1. The Morgan fingerprint density at radius 2 is 1.96 bits per heavy atom. The van der Waals surface area contributed by atoms with Crippen LogP contribution in [0.25, 0.3) is 0 Å². The first kappa shape index (κ1) is 18.1. The molecule has 0 radical (unpaired) electrons. The van der Waals surface area contributed by atoms with Gasteiger partial charge in [-0.3, -0.25) is 14.3 Å². The molecule has 0 aromatic carbocycles. The highest BCUT2D eigenvalue weighted by Crippen LogP contribution is 2.37. The maximum absolute atomic E-state index is 12.9. The van der Waals surface area contributed by atoms with Gasteiger partial charge < -0.3 is 14.7 Å². The summed E-state index contributed by atoms with van der Waals surface area (Å²) in [5.41, 5.74) is 1.24. The van der Waals surface area contributed by atoms with E-state index in [2.05, 4.69) is 5.10 Å². The maximum Gasteiger partial charge on any atom is 0.394 e. The van der Waals surface area contributed by atoms with Crippen LogP contribution in [0.1, 0.15) is 11.4 Å². The van der Waals surface area contributed by atoms with Crippen molar-refractivity contribution in [3.63, 3.8) is 0 Å². The van der Waals surface area contributed by atoms with Crippen LogP contribution < -0.4 is 4.74 Å². The first-order valence-electron chi connectivity index (χ1n) is 7.22. The first-order chi connectivity index (χ1) is 11.0. The number of carboxylic acid groups (broad SMARTS) is 1. The number of aromatic nitrogens is 2. The van der Waals surface area contributed by atoms with E-state index in [1.807, 2.05) is 0 Å². The molecule has 0 aliphatic carbocycles. The molecular formula is C14H18F3N3O4. The zero-order valence-corrected chi connectivity index (χ0v) is 13.4. The van der Waals surface area contributed by atoms with Crippen LogP contribution >= 0.6 is 0 Å². The molecule has 1 aliphatic heterocycles. The number of carboxylic acids is 1. The van der Waals surface area contributed by atoms with Gasteiger partial charge >= 0.3 is 12.1 Å². The van der Waals surface area contributed by atoms with E-state index in [9.17, 15) is 22.8 Å². The quantitative estimate of drug-likeness (QED) is 0.881. The van der Waals surface area contributed by atoms with E-state index in [0.29, 0.717) is 17.1 Å². The molecule has 24 heavy (non-hydrogen) atoms. The highest BCUT2D eigenvalue weighted by atomic mass is 19.4. The number of aryl methyl sites for hydroxylation is 2. The van der Waals surface area contributed by atoms with Crippen molar-refractivity contribution < 1.29 is 32.6 Å². The van der Waals surface area contributed by atoms with Crippen LogP contribution in [-0.4, -0.2) is 57.5 Å². The van der Waals surface area contributed by atoms with Gasteiger partial charge in [-0.1, -0.05) is 0 Å². The van der Waals surface area contributed by atoms with Crippen LogP contribution in [0.15, 0.2) is 0 Å². The SMILES string of the molecule is Cc1nn(C)c(C)c1OCC(=O)N1C[C@@H](C(F)(F)F)[C@H](C(=O)O)C1. The molecule has 1 aliphatic rings. The molecule has 1 saturated heterocycles. The van der Waals surface area contributed by atoms with Crippen molar-refractivity contribution >= 4 is 11.9 Å². The smallest absolute Gasteiger partial charge is 0.394 e. The second kappa shape index (κ2) is 6.33. The summed E-state index contributed by atoms with van der Waals surface area (Å²) in [6, 6.07) is 0. The third-order valence-corrected chi connectivity index (χ3v) is 4.19. The molecule has 0 spiro atoms. The molecule has 10 heteroatoms. The minimum Gasteiger partial charge on any atom is -0.481 e. The van der Waals surface area contributed by atoms with Crippen LogP contribution in [0.2, 0.25) is 0 Å². The van der Waals surface area contributed by atoms with Gasteiger partial charge in [-0.15, -0.1) is 0 Å². The van der Waals surface area contributed by atoms with Gasteiger partial charge in [0.2, 0.25) is 0 Å². The lowest BCUT2D eigenvalue weighted by atomic mass is 9.96. The minimum absolute atomic E-state index is 0.396. The Labute approximate surface area is 136 Å². The highest BCUT2D eigenvalue weighted by Gasteiger charge is 2.53. The van der Waals surface area contributed by atoms with E-state index in [0.717, 1.165) is 4.90 Å². The number of ether oxygens (including phenoxy) is 1. The third kappa shape index (κ3) is 3.46. The Morgan fingerprint density at radius 1 is 1.33 bits per heavy atom. The summed E-state index contributed by atoms with van der Waals surface area (Å²) in [4.78, 5) is 24.0. The normalized spacial score (nSPS) is 21.2. The topological polar surface area (TPSA) is 84.7 Å². The Kier molecular flexibility index (Phi) is 4.77. The van der Waals surface area contributed by atoms with Gasteiger partial charge in [0.25, 0.3) is 5.91 Å². The number of aliphatic carboxylic acids is 1. The molecule has 0 bridgehead atoms. The summed E-state index contributed by atoms with van der Waals surface area (Å²) in [5.74, 6) is -5.58. The lowest BCUT2D eigenvalue weighted by Gasteiger charge is -2.18. The number of hydrogen-bond donors (Lipinski definition) is 1. The van der Waals surface area contributed by atoms with E-state index in [1.165, 1.54) is 0 Å². The summed E-state index contributed by atoms with van der Waals surface area (Å²) in [7, 11) is 1.70. The molecule has 2 atom stereocenters. The molecule has 2 heterocycles. The average Bonchev–Trinajstić information content (AvgIpc) is 3.00. The second-order valence-electron chi connectivity index (χ2n) is 5.80. The molecule has 1 fully saturated rings. The average molecular weight is 349 g/mol. The number of amides is 1. The Bertz CT molecular complexity index is 656. The summed E-state index contributed by atoms with van der Waals surface area (Å²) < 4.78 is 45.7. The molecule has 7 nitrogen and oxygen atoms in total. The summed E-state index contributed by atoms with van der Waals surface area (Å²) >= 11 is 0. The predicted molar refractivity (Wildman–Crippen MR) is 75.4 cm³/mol. The number of likely N-dealkylation sites (tertiary alicyclic amines) is 1. The number of carbonyl (C=O) groups is 2. The van der Waals surface area contributed by atoms with Crippen molar-refractivity contribution in [3.8, 4) is 5.75 Å². The van der Waals surface area contributed by atoms with Gasteiger partial charge in [0, 0.05) is 20.1 Å². The lowest BCUT2D eigenvalue weighted by Crippen LogP contribution is -2.35. The van der Waals surface area contributed by atoms with E-state index >= 15 is 0 Å². The number of hydrogen-bond acceptors (Lipinski definition) is 4. The van der Waals surface area contributed by atoms with Crippen molar-refractivity contribution in [1.82, 2.24) is 14.7 Å². The van der Waals surface area contributed by atoms with Crippen molar-refractivity contribution in [2.24, 2.45) is 18.9 Å². The standard InChI is InChI=1S/C14H18F3N3O4/c1-7-12(8(2)19(3)18-7)24-6-11(21)20-4-9(13(22)23)10(5-20)14(15,16)17/h9-10H,4-6H2,1-3H3,(H,22,23)/t9-,10-/m1/s1. The largest absolute Gasteiger partial charge is 0.481 e. The van der Waals surface area contributed by atoms with Gasteiger partial charge in [-0.05, 0) is 13.8 Å². The van der Waals surface area contributed by atoms with E-state index in [1.54, 1.807) is 25.6 Å². The predicted octanol–water partition coefficient (Wildman–Crippen LogP) is 1.14. The van der Waals surface area contributed by atoms with E-state index in [-0.39, 0.29) is 0 Å². The van der Waals surface area contributed by atoms with Gasteiger partial charge in [0.15, 0.2) is 12.4 Å². The van der Waals surface area contributed by atoms with Gasteiger partial charge in [0.1, 0.15) is 5.69 Å². The fourth-order valence-electron chi connectivity index (χ4n) is 2.78. The zero-order chi connectivity index (χ0) is 18.2. The lowest BCUT2D eigenvalue weighted by molar-refractivity contribution is -0.188. The van der Waals surface area contributed by atoms with E-state index < -0.39 is 49.6 Å². The van der Waals surface area contributed by atoms with Crippen LogP contribution in [0, 0.1) is 25.7 Å².